The lowest BCUT2D eigenvalue weighted by molar-refractivity contribution is 0.0705. The van der Waals surface area contributed by atoms with Crippen molar-refractivity contribution < 1.29 is 9.47 Å². The van der Waals surface area contributed by atoms with E-state index < -0.39 is 0 Å². The number of anilines is 1. The van der Waals surface area contributed by atoms with Crippen LogP contribution in [0.5, 0.6) is 0 Å². The smallest absolute Gasteiger partial charge is 0.290 e. The largest absolute Gasteiger partial charge is 0.382 e. The maximum absolute atomic E-state index is 11.2. The molecule has 0 radical (unpaired) electrons. The first-order chi connectivity index (χ1) is 7.84. The van der Waals surface area contributed by atoms with Gasteiger partial charge < -0.3 is 19.8 Å². The lowest BCUT2D eigenvalue weighted by Gasteiger charge is -2.05. The summed E-state index contributed by atoms with van der Waals surface area (Å²) >= 11 is 0. The van der Waals surface area contributed by atoms with Gasteiger partial charge in [0.15, 0.2) is 5.82 Å². The molecule has 16 heavy (non-hydrogen) atoms. The van der Waals surface area contributed by atoms with Crippen molar-refractivity contribution in [3.8, 4) is 0 Å². The van der Waals surface area contributed by atoms with Crippen LogP contribution in [0.1, 0.15) is 6.42 Å². The fourth-order valence-electron chi connectivity index (χ4n) is 1.10. The van der Waals surface area contributed by atoms with Crippen molar-refractivity contribution in [3.05, 3.63) is 22.7 Å². The highest BCUT2D eigenvalue weighted by molar-refractivity contribution is 5.29. The quantitative estimate of drug-likeness (QED) is 0.622. The molecule has 0 saturated heterocycles. The summed E-state index contributed by atoms with van der Waals surface area (Å²) in [5, 5.41) is 2.94. The van der Waals surface area contributed by atoms with E-state index in [1.807, 2.05) is 0 Å². The molecule has 6 heteroatoms. The second-order valence-corrected chi connectivity index (χ2v) is 3.15. The summed E-state index contributed by atoms with van der Waals surface area (Å²) < 4.78 is 10.1. The molecule has 90 valence electrons. The van der Waals surface area contributed by atoms with Crippen LogP contribution in [0, 0.1) is 0 Å². The SMILES string of the molecule is COCCOCCCNc1ncc[nH]c1=O. The van der Waals surface area contributed by atoms with Gasteiger partial charge in [-0.1, -0.05) is 0 Å². The molecule has 0 aromatic carbocycles. The predicted octanol–water partition coefficient (Wildman–Crippen LogP) is 0.235. The van der Waals surface area contributed by atoms with Crippen LogP contribution in [0.25, 0.3) is 0 Å². The summed E-state index contributed by atoms with van der Waals surface area (Å²) in [6, 6.07) is 0. The van der Waals surface area contributed by atoms with E-state index in [1.165, 1.54) is 6.20 Å². The zero-order chi connectivity index (χ0) is 11.6. The highest BCUT2D eigenvalue weighted by Gasteiger charge is 1.97. The van der Waals surface area contributed by atoms with Gasteiger partial charge in [-0.05, 0) is 6.42 Å². The zero-order valence-electron chi connectivity index (χ0n) is 9.36. The molecule has 0 aliphatic carbocycles. The van der Waals surface area contributed by atoms with E-state index in [-0.39, 0.29) is 5.56 Å². The number of ether oxygens (including phenoxy) is 2. The van der Waals surface area contributed by atoms with E-state index in [1.54, 1.807) is 13.3 Å². The average molecular weight is 227 g/mol. The third kappa shape index (κ3) is 4.90. The number of hydrogen-bond acceptors (Lipinski definition) is 5. The number of hydrogen-bond donors (Lipinski definition) is 2. The van der Waals surface area contributed by atoms with Crippen LogP contribution in [-0.2, 0) is 9.47 Å². The minimum Gasteiger partial charge on any atom is -0.382 e. The summed E-state index contributed by atoms with van der Waals surface area (Å²) in [7, 11) is 1.64. The van der Waals surface area contributed by atoms with Gasteiger partial charge in [-0.15, -0.1) is 0 Å². The van der Waals surface area contributed by atoms with Crippen molar-refractivity contribution in [1.82, 2.24) is 9.97 Å². The molecule has 0 atom stereocenters. The molecule has 6 nitrogen and oxygen atoms in total. The fourth-order valence-corrected chi connectivity index (χ4v) is 1.10. The van der Waals surface area contributed by atoms with Crippen LogP contribution in [0.4, 0.5) is 5.82 Å². The van der Waals surface area contributed by atoms with Crippen LogP contribution in [0.3, 0.4) is 0 Å². The summed E-state index contributed by atoms with van der Waals surface area (Å²) in [4.78, 5) is 17.6. The maximum atomic E-state index is 11.2. The zero-order valence-corrected chi connectivity index (χ0v) is 9.36. The second-order valence-electron chi connectivity index (χ2n) is 3.15. The number of H-pyrrole nitrogens is 1. The first-order valence-corrected chi connectivity index (χ1v) is 5.19. The number of aromatic nitrogens is 2. The normalized spacial score (nSPS) is 10.3. The number of nitrogens with zero attached hydrogens (tertiary/aromatic N) is 1. The molecule has 0 amide bonds. The molecule has 1 aromatic rings. The minimum absolute atomic E-state index is 0.206. The molecular weight excluding hydrogens is 210 g/mol. The Morgan fingerprint density at radius 1 is 1.44 bits per heavy atom. The fraction of sp³-hybridized carbons (Fsp3) is 0.600. The highest BCUT2D eigenvalue weighted by atomic mass is 16.5. The molecule has 0 bridgehead atoms. The van der Waals surface area contributed by atoms with Gasteiger partial charge in [0.1, 0.15) is 0 Å². The molecule has 0 saturated carbocycles. The number of methoxy groups -OCH3 is 1. The van der Waals surface area contributed by atoms with Crippen LogP contribution in [-0.4, -0.2) is 43.4 Å². The van der Waals surface area contributed by atoms with Crippen molar-refractivity contribution in [2.45, 2.75) is 6.42 Å². The highest BCUT2D eigenvalue weighted by Crippen LogP contribution is 1.91. The Bertz CT molecular complexity index is 340. The summed E-state index contributed by atoms with van der Waals surface area (Å²) in [5.74, 6) is 0.347. The van der Waals surface area contributed by atoms with Crippen LogP contribution in [0.2, 0.25) is 0 Å². The lowest BCUT2D eigenvalue weighted by Crippen LogP contribution is -2.17. The average Bonchev–Trinajstić information content (AvgIpc) is 2.30. The summed E-state index contributed by atoms with van der Waals surface area (Å²) in [5.41, 5.74) is -0.206. The summed E-state index contributed by atoms with van der Waals surface area (Å²) in [6.45, 7) is 2.50. The maximum Gasteiger partial charge on any atom is 0.290 e. The molecule has 0 fully saturated rings. The minimum atomic E-state index is -0.206. The summed E-state index contributed by atoms with van der Waals surface area (Å²) in [6.07, 6.45) is 3.86. The molecule has 1 heterocycles. The third-order valence-electron chi connectivity index (χ3n) is 1.90. The predicted molar refractivity (Wildman–Crippen MR) is 60.7 cm³/mol. The Morgan fingerprint density at radius 2 is 2.31 bits per heavy atom. The van der Waals surface area contributed by atoms with Crippen molar-refractivity contribution in [3.63, 3.8) is 0 Å². The number of nitrogens with one attached hydrogen (secondary N) is 2. The van der Waals surface area contributed by atoms with Gasteiger partial charge in [-0.3, -0.25) is 4.79 Å². The Morgan fingerprint density at radius 3 is 3.06 bits per heavy atom. The third-order valence-corrected chi connectivity index (χ3v) is 1.90. The molecular formula is C10H17N3O3. The van der Waals surface area contributed by atoms with Gasteiger partial charge in [-0.2, -0.15) is 0 Å². The monoisotopic (exact) mass is 227 g/mol. The molecule has 1 aromatic heterocycles. The second kappa shape index (κ2) is 7.84. The number of aromatic amines is 1. The van der Waals surface area contributed by atoms with Gasteiger partial charge in [0.05, 0.1) is 13.2 Å². The Balaban J connectivity index is 2.08. The molecule has 1 rings (SSSR count). The molecule has 0 spiro atoms. The van der Waals surface area contributed by atoms with Crippen molar-refractivity contribution in [2.24, 2.45) is 0 Å². The van der Waals surface area contributed by atoms with Crippen molar-refractivity contribution in [2.75, 3.05) is 38.8 Å². The van der Waals surface area contributed by atoms with Gasteiger partial charge in [0.2, 0.25) is 0 Å². The van der Waals surface area contributed by atoms with E-state index >= 15 is 0 Å². The van der Waals surface area contributed by atoms with E-state index in [2.05, 4.69) is 15.3 Å². The molecule has 0 unspecified atom stereocenters. The Kier molecular flexibility index (Phi) is 6.20. The van der Waals surface area contributed by atoms with E-state index in [0.29, 0.717) is 32.2 Å². The topological polar surface area (TPSA) is 76.2 Å². The Hall–Kier alpha value is -1.40. The van der Waals surface area contributed by atoms with Gasteiger partial charge in [0.25, 0.3) is 5.56 Å². The Labute approximate surface area is 94.0 Å². The van der Waals surface area contributed by atoms with E-state index in [4.69, 9.17) is 9.47 Å². The molecule has 0 aliphatic heterocycles. The van der Waals surface area contributed by atoms with Crippen molar-refractivity contribution in [1.29, 1.82) is 0 Å². The molecule has 0 aliphatic rings. The van der Waals surface area contributed by atoms with Crippen LogP contribution < -0.4 is 10.9 Å². The van der Waals surface area contributed by atoms with Gasteiger partial charge in [-0.25, -0.2) is 4.98 Å². The van der Waals surface area contributed by atoms with Crippen molar-refractivity contribution >= 4 is 5.82 Å². The first-order valence-electron chi connectivity index (χ1n) is 5.19. The van der Waals surface area contributed by atoms with Gasteiger partial charge in [0, 0.05) is 32.7 Å². The van der Waals surface area contributed by atoms with E-state index in [9.17, 15) is 4.79 Å². The van der Waals surface area contributed by atoms with Crippen LogP contribution in [0.15, 0.2) is 17.2 Å². The standard InChI is InChI=1S/C10H17N3O3/c1-15-7-8-16-6-2-3-11-9-10(14)13-5-4-12-9/h4-5H,2-3,6-8H2,1H3,(H,11,12)(H,13,14). The first kappa shape index (κ1) is 12.7. The van der Waals surface area contributed by atoms with E-state index in [0.717, 1.165) is 6.42 Å². The lowest BCUT2D eigenvalue weighted by atomic mass is 10.4. The van der Waals surface area contributed by atoms with Crippen LogP contribution >= 0.6 is 0 Å². The number of rotatable bonds is 8. The van der Waals surface area contributed by atoms with Gasteiger partial charge >= 0.3 is 0 Å². The molecule has 2 N–H and O–H groups in total.